The molecule has 1 aromatic rings. The molecule has 1 aliphatic heterocycles. The van der Waals surface area contributed by atoms with Crippen molar-refractivity contribution in [2.75, 3.05) is 32.7 Å². The van der Waals surface area contributed by atoms with Gasteiger partial charge in [0.1, 0.15) is 0 Å². The van der Waals surface area contributed by atoms with E-state index in [2.05, 4.69) is 4.98 Å². The van der Waals surface area contributed by atoms with E-state index in [0.717, 1.165) is 0 Å². The Kier molecular flexibility index (Phi) is 4.12. The number of pyridine rings is 1. The van der Waals surface area contributed by atoms with E-state index in [1.807, 2.05) is 0 Å². The highest BCUT2D eigenvalue weighted by Crippen LogP contribution is 2.17. The van der Waals surface area contributed by atoms with Crippen molar-refractivity contribution in [1.82, 2.24) is 14.8 Å². The minimum Gasteiger partial charge on any atom is -0.336 e. The summed E-state index contributed by atoms with van der Waals surface area (Å²) in [6.45, 7) is -0.160. The molecule has 0 aliphatic carbocycles. The van der Waals surface area contributed by atoms with E-state index in [-0.39, 0.29) is 43.2 Å². The summed E-state index contributed by atoms with van der Waals surface area (Å²) in [5, 5.41) is 0. The molecular formula is C12H14F3N3O2. The van der Waals surface area contributed by atoms with Gasteiger partial charge in [-0.25, -0.2) is 0 Å². The normalized spacial score (nSPS) is 17.2. The van der Waals surface area contributed by atoms with Crippen molar-refractivity contribution in [1.29, 1.82) is 0 Å². The lowest BCUT2D eigenvalue weighted by Crippen LogP contribution is -2.51. The number of hydrogen-bond acceptors (Lipinski definition) is 3. The van der Waals surface area contributed by atoms with E-state index in [9.17, 15) is 22.8 Å². The highest BCUT2D eigenvalue weighted by molar-refractivity contribution is 5.94. The van der Waals surface area contributed by atoms with Gasteiger partial charge in [-0.05, 0) is 6.07 Å². The molecule has 20 heavy (non-hydrogen) atoms. The van der Waals surface area contributed by atoms with Crippen LogP contribution in [0.1, 0.15) is 10.4 Å². The number of amides is 1. The molecule has 8 heteroatoms. The number of H-pyrrole nitrogens is 1. The number of carbonyl (C=O) groups excluding carboxylic acids is 1. The first-order valence-corrected chi connectivity index (χ1v) is 6.12. The number of nitrogens with one attached hydrogen (secondary N) is 1. The van der Waals surface area contributed by atoms with Gasteiger partial charge in [-0.2, -0.15) is 13.2 Å². The van der Waals surface area contributed by atoms with Gasteiger partial charge in [0.05, 0.1) is 6.54 Å². The van der Waals surface area contributed by atoms with E-state index >= 15 is 0 Å². The van der Waals surface area contributed by atoms with Crippen LogP contribution in [0.2, 0.25) is 0 Å². The molecular weight excluding hydrogens is 275 g/mol. The van der Waals surface area contributed by atoms with Crippen LogP contribution in [0.5, 0.6) is 0 Å². The second-order valence-corrected chi connectivity index (χ2v) is 4.63. The van der Waals surface area contributed by atoms with Crippen molar-refractivity contribution in [3.63, 3.8) is 0 Å². The van der Waals surface area contributed by atoms with Crippen LogP contribution in [0, 0.1) is 0 Å². The highest BCUT2D eigenvalue weighted by atomic mass is 19.4. The van der Waals surface area contributed by atoms with Gasteiger partial charge in [-0.15, -0.1) is 0 Å². The highest BCUT2D eigenvalue weighted by Gasteiger charge is 2.32. The Morgan fingerprint density at radius 3 is 2.45 bits per heavy atom. The molecule has 1 fully saturated rings. The number of halogens is 3. The standard InChI is InChI=1S/C12H14F3N3O2/c13-12(14,15)8-17-3-5-18(6-4-17)11(20)9-1-2-16-10(19)7-9/h1-2,7H,3-6,8H2,(H,16,19). The SMILES string of the molecule is O=C(c1cc[nH]c(=O)c1)N1CCN(CC(F)(F)F)CC1. The molecule has 0 bridgehead atoms. The minimum absolute atomic E-state index is 0.175. The van der Waals surface area contributed by atoms with Gasteiger partial charge in [-0.3, -0.25) is 14.5 Å². The Balaban J connectivity index is 1.94. The maximum Gasteiger partial charge on any atom is 0.401 e. The van der Waals surface area contributed by atoms with Crippen molar-refractivity contribution >= 4 is 5.91 Å². The minimum atomic E-state index is -4.22. The van der Waals surface area contributed by atoms with Crippen LogP contribution in [0.4, 0.5) is 13.2 Å². The van der Waals surface area contributed by atoms with Gasteiger partial charge in [-0.1, -0.05) is 0 Å². The Morgan fingerprint density at radius 2 is 1.90 bits per heavy atom. The summed E-state index contributed by atoms with van der Waals surface area (Å²) < 4.78 is 36.7. The molecule has 0 radical (unpaired) electrons. The van der Waals surface area contributed by atoms with Crippen LogP contribution in [0.15, 0.2) is 23.1 Å². The third-order valence-electron chi connectivity index (χ3n) is 3.08. The fourth-order valence-electron chi connectivity index (χ4n) is 2.12. The maximum atomic E-state index is 12.2. The molecule has 0 atom stereocenters. The van der Waals surface area contributed by atoms with Gasteiger partial charge in [0, 0.05) is 44.0 Å². The maximum absolute atomic E-state index is 12.2. The number of nitrogens with zero attached hydrogens (tertiary/aromatic N) is 2. The molecule has 1 amide bonds. The summed E-state index contributed by atoms with van der Waals surface area (Å²) >= 11 is 0. The molecule has 0 saturated carbocycles. The molecule has 1 aliphatic rings. The number of aromatic nitrogens is 1. The van der Waals surface area contributed by atoms with Crippen molar-refractivity contribution in [2.45, 2.75) is 6.18 Å². The zero-order valence-electron chi connectivity index (χ0n) is 10.6. The van der Waals surface area contributed by atoms with Crippen LogP contribution >= 0.6 is 0 Å². The van der Waals surface area contributed by atoms with Crippen molar-refractivity contribution in [2.24, 2.45) is 0 Å². The van der Waals surface area contributed by atoms with E-state index in [1.165, 1.54) is 28.1 Å². The number of carbonyl (C=O) groups is 1. The third-order valence-corrected chi connectivity index (χ3v) is 3.08. The van der Waals surface area contributed by atoms with E-state index in [1.54, 1.807) is 0 Å². The van der Waals surface area contributed by atoms with Crippen LogP contribution in [-0.2, 0) is 0 Å². The first-order valence-electron chi connectivity index (χ1n) is 6.12. The lowest BCUT2D eigenvalue weighted by molar-refractivity contribution is -0.148. The summed E-state index contributed by atoms with van der Waals surface area (Å²) in [5.74, 6) is -0.331. The number of piperazine rings is 1. The Hall–Kier alpha value is -1.83. The van der Waals surface area contributed by atoms with Crippen molar-refractivity contribution < 1.29 is 18.0 Å². The third kappa shape index (κ3) is 3.83. The number of alkyl halides is 3. The largest absolute Gasteiger partial charge is 0.401 e. The Labute approximate surface area is 113 Å². The first-order chi connectivity index (χ1) is 9.35. The number of rotatable bonds is 2. The summed E-state index contributed by atoms with van der Waals surface area (Å²) in [5.41, 5.74) is -0.135. The van der Waals surface area contributed by atoms with Crippen LogP contribution in [-0.4, -0.2) is 59.6 Å². The second kappa shape index (κ2) is 5.66. The number of aromatic amines is 1. The molecule has 2 heterocycles. The molecule has 0 unspecified atom stereocenters. The topological polar surface area (TPSA) is 56.4 Å². The average molecular weight is 289 g/mol. The molecule has 1 saturated heterocycles. The van der Waals surface area contributed by atoms with Crippen LogP contribution < -0.4 is 5.56 Å². The van der Waals surface area contributed by atoms with Crippen molar-refractivity contribution in [3.8, 4) is 0 Å². The summed E-state index contributed by atoms with van der Waals surface area (Å²) in [4.78, 5) is 28.3. The second-order valence-electron chi connectivity index (χ2n) is 4.63. The van der Waals surface area contributed by atoms with Gasteiger partial charge in [0.25, 0.3) is 5.91 Å². The molecule has 110 valence electrons. The van der Waals surface area contributed by atoms with Gasteiger partial charge >= 0.3 is 6.18 Å². The van der Waals surface area contributed by atoms with Gasteiger partial charge in [0.2, 0.25) is 5.56 Å². The average Bonchev–Trinajstić information content (AvgIpc) is 2.37. The van der Waals surface area contributed by atoms with E-state index < -0.39 is 12.7 Å². The van der Waals surface area contributed by atoms with Gasteiger partial charge < -0.3 is 9.88 Å². The summed E-state index contributed by atoms with van der Waals surface area (Å²) in [6, 6.07) is 2.66. The predicted octanol–water partition coefficient (Wildman–Crippen LogP) is 0.695. The van der Waals surface area contributed by atoms with E-state index in [0.29, 0.717) is 0 Å². The summed E-state index contributed by atoms with van der Waals surface area (Å²) in [7, 11) is 0. The fraction of sp³-hybridized carbons (Fsp3) is 0.500. The van der Waals surface area contributed by atoms with Gasteiger partial charge in [0.15, 0.2) is 0 Å². The molecule has 1 aromatic heterocycles. The van der Waals surface area contributed by atoms with Crippen LogP contribution in [0.25, 0.3) is 0 Å². The zero-order valence-corrected chi connectivity index (χ0v) is 10.6. The molecule has 0 aromatic carbocycles. The quantitative estimate of drug-likeness (QED) is 0.872. The molecule has 5 nitrogen and oxygen atoms in total. The van der Waals surface area contributed by atoms with Crippen molar-refractivity contribution in [3.05, 3.63) is 34.2 Å². The molecule has 0 spiro atoms. The predicted molar refractivity (Wildman–Crippen MR) is 65.5 cm³/mol. The first kappa shape index (κ1) is 14.6. The molecule has 2 rings (SSSR count). The lowest BCUT2D eigenvalue weighted by Gasteiger charge is -2.35. The fourth-order valence-corrected chi connectivity index (χ4v) is 2.12. The Bertz CT molecular complexity index is 533. The lowest BCUT2D eigenvalue weighted by atomic mass is 10.2. The Morgan fingerprint density at radius 1 is 1.25 bits per heavy atom. The molecule has 1 N–H and O–H groups in total. The smallest absolute Gasteiger partial charge is 0.336 e. The van der Waals surface area contributed by atoms with Crippen LogP contribution in [0.3, 0.4) is 0 Å². The monoisotopic (exact) mass is 289 g/mol. The zero-order chi connectivity index (χ0) is 14.8. The number of hydrogen-bond donors (Lipinski definition) is 1. The summed E-state index contributed by atoms with van der Waals surface area (Å²) in [6.07, 6.45) is -2.85. The van der Waals surface area contributed by atoms with E-state index in [4.69, 9.17) is 0 Å².